The molecule has 4 aromatic rings. The summed E-state index contributed by atoms with van der Waals surface area (Å²) < 4.78 is 0. The number of nitrogen functional groups attached to an aromatic ring is 1. The number of rotatable bonds is 2. The third kappa shape index (κ3) is 2.36. The maximum Gasteiger partial charge on any atom is 0.257 e. The fourth-order valence-electron chi connectivity index (χ4n) is 2.57. The number of hydrogen-bond donors (Lipinski definition) is 3. The Hall–Kier alpha value is -3.41. The van der Waals surface area contributed by atoms with Crippen LogP contribution in [-0.2, 0) is 0 Å². The molecular weight excluding hydrogens is 290 g/mol. The molecule has 23 heavy (non-hydrogen) atoms. The van der Waals surface area contributed by atoms with Crippen molar-refractivity contribution in [3.8, 4) is 0 Å². The number of aromatic nitrogens is 3. The lowest BCUT2D eigenvalue weighted by Gasteiger charge is -2.06. The van der Waals surface area contributed by atoms with E-state index in [4.69, 9.17) is 5.73 Å². The van der Waals surface area contributed by atoms with Gasteiger partial charge in [-0.3, -0.25) is 9.78 Å². The van der Waals surface area contributed by atoms with E-state index in [2.05, 4.69) is 20.3 Å². The number of H-pyrrole nitrogens is 1. The lowest BCUT2D eigenvalue weighted by Crippen LogP contribution is -2.12. The monoisotopic (exact) mass is 303 g/mol. The number of carbonyl (C=O) groups excluding carboxylic acids is 1. The SMILES string of the molecule is Nc1nc2c(C(=O)Nc3cnc4ccccc4c3)cccc2[nH]1. The first-order valence-corrected chi connectivity index (χ1v) is 7.11. The summed E-state index contributed by atoms with van der Waals surface area (Å²) in [5.74, 6) is 0.0341. The molecule has 2 aromatic carbocycles. The number of fused-ring (bicyclic) bond motifs is 2. The molecule has 0 aliphatic heterocycles. The van der Waals surface area contributed by atoms with Crippen molar-refractivity contribution >= 4 is 39.5 Å². The van der Waals surface area contributed by atoms with E-state index in [-0.39, 0.29) is 11.9 Å². The molecule has 112 valence electrons. The van der Waals surface area contributed by atoms with E-state index in [9.17, 15) is 4.79 Å². The van der Waals surface area contributed by atoms with Crippen molar-refractivity contribution < 1.29 is 4.79 Å². The second kappa shape index (κ2) is 5.10. The number of nitrogens with one attached hydrogen (secondary N) is 2. The van der Waals surface area contributed by atoms with Crippen molar-refractivity contribution in [2.45, 2.75) is 0 Å². The molecule has 0 radical (unpaired) electrons. The Bertz CT molecular complexity index is 1040. The van der Waals surface area contributed by atoms with Gasteiger partial charge in [0, 0.05) is 5.39 Å². The molecule has 0 bridgehead atoms. The van der Waals surface area contributed by atoms with Gasteiger partial charge < -0.3 is 16.0 Å². The van der Waals surface area contributed by atoms with Crippen LogP contribution in [0.5, 0.6) is 0 Å². The number of aromatic amines is 1. The fraction of sp³-hybridized carbons (Fsp3) is 0. The molecule has 4 rings (SSSR count). The third-order valence-electron chi connectivity index (χ3n) is 3.62. The number of pyridine rings is 1. The van der Waals surface area contributed by atoms with Crippen LogP contribution in [-0.4, -0.2) is 20.9 Å². The van der Waals surface area contributed by atoms with Gasteiger partial charge in [0.2, 0.25) is 0 Å². The zero-order valence-electron chi connectivity index (χ0n) is 12.1. The molecule has 6 heteroatoms. The normalized spacial score (nSPS) is 11.0. The molecule has 2 aromatic heterocycles. The Labute approximate surface area is 131 Å². The molecule has 0 aliphatic carbocycles. The predicted molar refractivity (Wildman–Crippen MR) is 90.2 cm³/mol. The lowest BCUT2D eigenvalue weighted by atomic mass is 10.1. The van der Waals surface area contributed by atoms with Gasteiger partial charge in [-0.25, -0.2) is 4.98 Å². The molecule has 1 amide bonds. The van der Waals surface area contributed by atoms with Gasteiger partial charge >= 0.3 is 0 Å². The quantitative estimate of drug-likeness (QED) is 0.530. The molecule has 0 saturated carbocycles. The minimum Gasteiger partial charge on any atom is -0.369 e. The zero-order chi connectivity index (χ0) is 15.8. The summed E-state index contributed by atoms with van der Waals surface area (Å²) in [7, 11) is 0. The van der Waals surface area contributed by atoms with Crippen LogP contribution in [0, 0.1) is 0 Å². The summed E-state index contributed by atoms with van der Waals surface area (Å²) in [6.45, 7) is 0. The van der Waals surface area contributed by atoms with E-state index in [1.54, 1.807) is 18.3 Å². The highest BCUT2D eigenvalue weighted by Gasteiger charge is 2.13. The maximum absolute atomic E-state index is 12.5. The van der Waals surface area contributed by atoms with Crippen LogP contribution in [0.25, 0.3) is 21.9 Å². The van der Waals surface area contributed by atoms with Crippen LogP contribution < -0.4 is 11.1 Å². The van der Waals surface area contributed by atoms with Crippen molar-refractivity contribution in [1.29, 1.82) is 0 Å². The molecule has 4 N–H and O–H groups in total. The number of para-hydroxylation sites is 2. The highest BCUT2D eigenvalue weighted by molar-refractivity contribution is 6.12. The average Bonchev–Trinajstić information content (AvgIpc) is 2.94. The largest absolute Gasteiger partial charge is 0.369 e. The second-order valence-corrected chi connectivity index (χ2v) is 5.19. The number of nitrogens with zero attached hydrogens (tertiary/aromatic N) is 2. The van der Waals surface area contributed by atoms with Crippen molar-refractivity contribution in [2.75, 3.05) is 11.1 Å². The average molecular weight is 303 g/mol. The lowest BCUT2D eigenvalue weighted by molar-refractivity contribution is 0.102. The van der Waals surface area contributed by atoms with Crippen LogP contribution in [0.2, 0.25) is 0 Å². The molecule has 0 unspecified atom stereocenters. The van der Waals surface area contributed by atoms with E-state index < -0.39 is 0 Å². The highest BCUT2D eigenvalue weighted by Crippen LogP contribution is 2.20. The summed E-state index contributed by atoms with van der Waals surface area (Å²) in [4.78, 5) is 24.0. The Morgan fingerprint density at radius 1 is 1.13 bits per heavy atom. The van der Waals surface area contributed by atoms with Gasteiger partial charge in [0.15, 0.2) is 5.95 Å². The minimum absolute atomic E-state index is 0.251. The molecule has 0 aliphatic rings. The van der Waals surface area contributed by atoms with Crippen molar-refractivity contribution in [3.63, 3.8) is 0 Å². The smallest absolute Gasteiger partial charge is 0.257 e. The van der Waals surface area contributed by atoms with Gasteiger partial charge in [0.25, 0.3) is 5.91 Å². The van der Waals surface area contributed by atoms with Crippen LogP contribution in [0.15, 0.2) is 54.7 Å². The molecular formula is C17H13N5O. The number of benzene rings is 2. The first-order valence-electron chi connectivity index (χ1n) is 7.11. The van der Waals surface area contributed by atoms with E-state index >= 15 is 0 Å². The van der Waals surface area contributed by atoms with Crippen molar-refractivity contribution in [3.05, 3.63) is 60.3 Å². The Morgan fingerprint density at radius 2 is 2.00 bits per heavy atom. The van der Waals surface area contributed by atoms with Gasteiger partial charge in [-0.1, -0.05) is 24.3 Å². The fourth-order valence-corrected chi connectivity index (χ4v) is 2.57. The number of carbonyl (C=O) groups is 1. The van der Waals surface area contributed by atoms with Crippen LogP contribution >= 0.6 is 0 Å². The van der Waals surface area contributed by atoms with Gasteiger partial charge in [0.1, 0.15) is 5.52 Å². The van der Waals surface area contributed by atoms with Gasteiger partial charge in [-0.15, -0.1) is 0 Å². The van der Waals surface area contributed by atoms with Crippen LogP contribution in [0.1, 0.15) is 10.4 Å². The number of amides is 1. The molecule has 0 fully saturated rings. The number of nitrogens with two attached hydrogens (primary N) is 1. The highest BCUT2D eigenvalue weighted by atomic mass is 16.1. The summed E-state index contributed by atoms with van der Waals surface area (Å²) in [6, 6.07) is 15.0. The molecule has 0 atom stereocenters. The summed E-state index contributed by atoms with van der Waals surface area (Å²) in [5.41, 5.74) is 8.92. The van der Waals surface area contributed by atoms with Crippen LogP contribution in [0.3, 0.4) is 0 Å². The van der Waals surface area contributed by atoms with E-state index in [0.29, 0.717) is 16.8 Å². The van der Waals surface area contributed by atoms with Gasteiger partial charge in [-0.05, 0) is 24.3 Å². The molecule has 6 nitrogen and oxygen atoms in total. The van der Waals surface area contributed by atoms with Gasteiger partial charge in [0.05, 0.1) is 28.5 Å². The van der Waals surface area contributed by atoms with Gasteiger partial charge in [-0.2, -0.15) is 0 Å². The number of imidazole rings is 1. The predicted octanol–water partition coefficient (Wildman–Crippen LogP) is 2.95. The van der Waals surface area contributed by atoms with E-state index in [1.165, 1.54) is 0 Å². The standard InChI is InChI=1S/C17H13N5O/c18-17-21-14-7-3-5-12(15(14)22-17)16(23)20-11-8-10-4-1-2-6-13(10)19-9-11/h1-9H,(H,20,23)(H3,18,21,22). The summed E-state index contributed by atoms with van der Waals surface area (Å²) in [6.07, 6.45) is 1.64. The Kier molecular flexibility index (Phi) is 2.94. The summed E-state index contributed by atoms with van der Waals surface area (Å²) >= 11 is 0. The maximum atomic E-state index is 12.5. The van der Waals surface area contributed by atoms with Crippen molar-refractivity contribution in [1.82, 2.24) is 15.0 Å². The molecule has 0 spiro atoms. The summed E-state index contributed by atoms with van der Waals surface area (Å²) in [5, 5.41) is 3.82. The first-order chi connectivity index (χ1) is 11.2. The van der Waals surface area contributed by atoms with E-state index in [0.717, 1.165) is 16.4 Å². The zero-order valence-corrected chi connectivity index (χ0v) is 12.1. The van der Waals surface area contributed by atoms with E-state index in [1.807, 2.05) is 36.4 Å². The Morgan fingerprint density at radius 3 is 2.91 bits per heavy atom. The number of hydrogen-bond acceptors (Lipinski definition) is 4. The minimum atomic E-state index is -0.251. The molecule has 2 heterocycles. The third-order valence-corrected chi connectivity index (χ3v) is 3.62. The number of anilines is 2. The molecule has 0 saturated heterocycles. The Balaban J connectivity index is 1.70. The van der Waals surface area contributed by atoms with Crippen LogP contribution in [0.4, 0.5) is 11.6 Å². The second-order valence-electron chi connectivity index (χ2n) is 5.19. The first kappa shape index (κ1) is 13.3. The van der Waals surface area contributed by atoms with Crippen molar-refractivity contribution in [2.24, 2.45) is 0 Å². The topological polar surface area (TPSA) is 96.7 Å².